The molecular formula is C19H20N4O7. The van der Waals surface area contributed by atoms with Gasteiger partial charge in [0.2, 0.25) is 5.91 Å². The highest BCUT2D eigenvalue weighted by Crippen LogP contribution is 2.31. The second-order valence-electron chi connectivity index (χ2n) is 6.79. The highest BCUT2D eigenvalue weighted by molar-refractivity contribution is 5.73. The quantitative estimate of drug-likeness (QED) is 0.387. The van der Waals surface area contributed by atoms with Crippen LogP contribution in [0.3, 0.4) is 0 Å². The molecule has 1 amide bonds. The molecular weight excluding hydrogens is 396 g/mol. The molecule has 2 aromatic rings. The van der Waals surface area contributed by atoms with E-state index in [9.17, 15) is 35.0 Å². The molecule has 0 bridgehead atoms. The molecule has 1 aromatic heterocycles. The Bertz CT molecular complexity index is 1090. The van der Waals surface area contributed by atoms with Gasteiger partial charge in [-0.3, -0.25) is 19.1 Å². The van der Waals surface area contributed by atoms with Crippen molar-refractivity contribution in [2.45, 2.75) is 37.5 Å². The maximum Gasteiger partial charge on any atom is 0.331 e. The van der Waals surface area contributed by atoms with Crippen molar-refractivity contribution in [3.05, 3.63) is 56.7 Å². The fourth-order valence-electron chi connectivity index (χ4n) is 3.48. The number of aromatic amines is 1. The number of carbonyl (C=O) groups is 1. The van der Waals surface area contributed by atoms with Crippen molar-refractivity contribution >= 4 is 5.91 Å². The number of nitrogens with one attached hydrogen (secondary N) is 2. The van der Waals surface area contributed by atoms with Gasteiger partial charge in [0.15, 0.2) is 6.23 Å². The normalized spacial score (nSPS) is 26.0. The molecule has 0 unspecified atom stereocenters. The Balaban J connectivity index is 2.31. The maximum absolute atomic E-state index is 12.8. The zero-order chi connectivity index (χ0) is 22.0. The Morgan fingerprint density at radius 3 is 2.50 bits per heavy atom. The van der Waals surface area contributed by atoms with Crippen molar-refractivity contribution in [3.63, 3.8) is 0 Å². The molecule has 2 heterocycles. The second kappa shape index (κ2) is 8.60. The number of ether oxygens (including phenoxy) is 1. The number of aliphatic hydroxyl groups is 3. The molecule has 30 heavy (non-hydrogen) atoms. The molecule has 1 aliphatic rings. The molecule has 5 N–H and O–H groups in total. The first-order valence-corrected chi connectivity index (χ1v) is 9.04. The number of nitriles is 1. The predicted molar refractivity (Wildman–Crippen MR) is 102 cm³/mol. The molecule has 5 atom stereocenters. The average molecular weight is 416 g/mol. The summed E-state index contributed by atoms with van der Waals surface area (Å²) < 4.78 is 6.58. The number of hydrogen-bond donors (Lipinski definition) is 5. The zero-order valence-electron chi connectivity index (χ0n) is 15.8. The van der Waals surface area contributed by atoms with Gasteiger partial charge in [0, 0.05) is 6.92 Å². The van der Waals surface area contributed by atoms with E-state index in [4.69, 9.17) is 4.74 Å². The Morgan fingerprint density at radius 2 is 1.93 bits per heavy atom. The standard InChI is InChI=1S/C19H20N4O7/c1-9(25)21-13-16(27)15(26)12(8-24)30-18(13)23-14(10-5-3-2-4-6-10)11(7-20)17(28)22-19(23)29/h2-6,12-13,15-16,18,24,26-27H,8H2,1H3,(H,21,25)(H,22,28,29)/t12-,13-,15-,16-,18-/m1/s1. The number of aliphatic hydroxyl groups excluding tert-OH is 3. The molecule has 3 rings (SSSR count). The van der Waals surface area contributed by atoms with Gasteiger partial charge < -0.3 is 25.4 Å². The first-order valence-electron chi connectivity index (χ1n) is 9.04. The largest absolute Gasteiger partial charge is 0.394 e. The summed E-state index contributed by atoms with van der Waals surface area (Å²) in [5, 5.41) is 42.3. The van der Waals surface area contributed by atoms with E-state index in [1.54, 1.807) is 36.4 Å². The van der Waals surface area contributed by atoms with Gasteiger partial charge >= 0.3 is 5.69 Å². The zero-order valence-corrected chi connectivity index (χ0v) is 15.8. The minimum Gasteiger partial charge on any atom is -0.394 e. The first-order chi connectivity index (χ1) is 14.3. The molecule has 158 valence electrons. The third-order valence-electron chi connectivity index (χ3n) is 4.83. The van der Waals surface area contributed by atoms with Crippen molar-refractivity contribution in [2.75, 3.05) is 6.61 Å². The second-order valence-corrected chi connectivity index (χ2v) is 6.79. The number of benzene rings is 1. The van der Waals surface area contributed by atoms with Crippen LogP contribution in [0.2, 0.25) is 0 Å². The van der Waals surface area contributed by atoms with Gasteiger partial charge in [0.05, 0.1) is 12.3 Å². The van der Waals surface area contributed by atoms with Gasteiger partial charge in [0.1, 0.15) is 36.0 Å². The van der Waals surface area contributed by atoms with E-state index in [0.29, 0.717) is 5.56 Å². The number of nitrogens with zero attached hydrogens (tertiary/aromatic N) is 2. The summed E-state index contributed by atoms with van der Waals surface area (Å²) >= 11 is 0. The molecule has 0 aliphatic carbocycles. The van der Waals surface area contributed by atoms with Crippen molar-refractivity contribution in [1.29, 1.82) is 5.26 Å². The van der Waals surface area contributed by atoms with Crippen LogP contribution in [0.5, 0.6) is 0 Å². The lowest BCUT2D eigenvalue weighted by Crippen LogP contribution is -2.63. The third-order valence-corrected chi connectivity index (χ3v) is 4.83. The number of aromatic nitrogens is 2. The lowest BCUT2D eigenvalue weighted by Gasteiger charge is -2.43. The number of rotatable bonds is 4. The highest BCUT2D eigenvalue weighted by Gasteiger charge is 2.46. The van der Waals surface area contributed by atoms with E-state index in [1.165, 1.54) is 6.92 Å². The molecule has 1 aliphatic heterocycles. The molecule has 0 saturated carbocycles. The van der Waals surface area contributed by atoms with Gasteiger partial charge in [-0.1, -0.05) is 30.3 Å². The van der Waals surface area contributed by atoms with E-state index in [0.717, 1.165) is 4.57 Å². The number of carbonyl (C=O) groups excluding carboxylic acids is 1. The summed E-state index contributed by atoms with van der Waals surface area (Å²) in [7, 11) is 0. The lowest BCUT2D eigenvalue weighted by atomic mass is 9.95. The third kappa shape index (κ3) is 3.77. The number of amides is 1. The fraction of sp³-hybridized carbons (Fsp3) is 0.368. The molecule has 0 radical (unpaired) electrons. The Morgan fingerprint density at radius 1 is 1.27 bits per heavy atom. The van der Waals surface area contributed by atoms with E-state index in [-0.39, 0.29) is 11.3 Å². The van der Waals surface area contributed by atoms with Crippen molar-refractivity contribution in [2.24, 2.45) is 0 Å². The van der Waals surface area contributed by atoms with Crippen LogP contribution >= 0.6 is 0 Å². The molecule has 1 aromatic carbocycles. The first kappa shape index (κ1) is 21.4. The molecule has 1 saturated heterocycles. The summed E-state index contributed by atoms with van der Waals surface area (Å²) in [5.74, 6) is -0.582. The Kier molecular flexibility index (Phi) is 6.14. The van der Waals surface area contributed by atoms with Crippen LogP contribution in [0.15, 0.2) is 39.9 Å². The van der Waals surface area contributed by atoms with Crippen LogP contribution < -0.4 is 16.6 Å². The average Bonchev–Trinajstić information content (AvgIpc) is 2.72. The minimum atomic E-state index is -1.61. The van der Waals surface area contributed by atoms with Crippen LogP contribution in [0.1, 0.15) is 18.7 Å². The Hall–Kier alpha value is -3.30. The van der Waals surface area contributed by atoms with Gasteiger partial charge in [-0.25, -0.2) is 4.79 Å². The Labute approximate surface area is 169 Å². The minimum absolute atomic E-state index is 0.0903. The van der Waals surface area contributed by atoms with Gasteiger partial charge in [0.25, 0.3) is 5.56 Å². The van der Waals surface area contributed by atoms with E-state index in [2.05, 4.69) is 5.32 Å². The molecule has 0 spiro atoms. The SMILES string of the molecule is CC(=O)N[C@@H]1[C@@H](O)[C@H](O)[C@@H](CO)O[C@H]1n1c(-c2ccccc2)c(C#N)c(=O)[nH]c1=O. The van der Waals surface area contributed by atoms with Crippen molar-refractivity contribution in [1.82, 2.24) is 14.9 Å². The number of H-pyrrole nitrogens is 1. The van der Waals surface area contributed by atoms with Crippen molar-refractivity contribution in [3.8, 4) is 17.3 Å². The maximum atomic E-state index is 12.8. The summed E-state index contributed by atoms with van der Waals surface area (Å²) in [5.41, 5.74) is -2.01. The predicted octanol–water partition coefficient (Wildman–Crippen LogP) is -1.81. The van der Waals surface area contributed by atoms with Crippen LogP contribution in [0.25, 0.3) is 11.3 Å². The summed E-state index contributed by atoms with van der Waals surface area (Å²) in [6.07, 6.45) is -5.91. The van der Waals surface area contributed by atoms with Crippen LogP contribution in [-0.4, -0.2) is 61.7 Å². The summed E-state index contributed by atoms with van der Waals surface area (Å²) in [6, 6.07) is 8.54. The van der Waals surface area contributed by atoms with Crippen LogP contribution in [-0.2, 0) is 9.53 Å². The van der Waals surface area contributed by atoms with E-state index in [1.807, 2.05) is 4.98 Å². The molecule has 1 fully saturated rings. The van der Waals surface area contributed by atoms with Gasteiger partial charge in [-0.15, -0.1) is 0 Å². The lowest BCUT2D eigenvalue weighted by molar-refractivity contribution is -0.217. The smallest absolute Gasteiger partial charge is 0.331 e. The topological polar surface area (TPSA) is 178 Å². The van der Waals surface area contributed by atoms with Crippen LogP contribution in [0, 0.1) is 11.3 Å². The molecule has 11 nitrogen and oxygen atoms in total. The molecule has 11 heteroatoms. The monoisotopic (exact) mass is 416 g/mol. The van der Waals surface area contributed by atoms with E-state index >= 15 is 0 Å². The number of hydrogen-bond acceptors (Lipinski definition) is 8. The summed E-state index contributed by atoms with van der Waals surface area (Å²) in [6.45, 7) is 0.480. The van der Waals surface area contributed by atoms with Crippen LogP contribution in [0.4, 0.5) is 0 Å². The highest BCUT2D eigenvalue weighted by atomic mass is 16.5. The van der Waals surface area contributed by atoms with Gasteiger partial charge in [-0.2, -0.15) is 5.26 Å². The van der Waals surface area contributed by atoms with E-state index < -0.39 is 54.3 Å². The van der Waals surface area contributed by atoms with Gasteiger partial charge in [-0.05, 0) is 5.56 Å². The van der Waals surface area contributed by atoms with Crippen molar-refractivity contribution < 1.29 is 24.9 Å². The summed E-state index contributed by atoms with van der Waals surface area (Å²) in [4.78, 5) is 38.8. The fourth-order valence-corrected chi connectivity index (χ4v) is 3.48.